The lowest BCUT2D eigenvalue weighted by atomic mass is 9.88. The molecule has 2 rings (SSSR count). The maximum absolute atomic E-state index is 12.0. The average Bonchev–Trinajstić information content (AvgIpc) is 2.68. The second-order valence-corrected chi connectivity index (χ2v) is 6.67. The lowest BCUT2D eigenvalue weighted by molar-refractivity contribution is -0.284. The van der Waals surface area contributed by atoms with Gasteiger partial charge in [0.1, 0.15) is 30.3 Å². The first-order valence-electron chi connectivity index (χ1n) is 8.71. The molecule has 29 heavy (non-hydrogen) atoms. The summed E-state index contributed by atoms with van der Waals surface area (Å²) in [5, 5.41) is 51.8. The smallest absolute Gasteiger partial charge is 0.377 e. The van der Waals surface area contributed by atoms with Crippen molar-refractivity contribution in [3.05, 3.63) is 29.8 Å². The van der Waals surface area contributed by atoms with Crippen LogP contribution in [-0.4, -0.2) is 86.5 Å². The number of carbonyl (C=O) groups excluding carboxylic acids is 2. The van der Waals surface area contributed by atoms with Gasteiger partial charge in [0.25, 0.3) is 0 Å². The number of hydrogen-bond donors (Lipinski definition) is 6. The van der Waals surface area contributed by atoms with Gasteiger partial charge in [-0.3, -0.25) is 9.59 Å². The largest absolute Gasteiger partial charge is 0.476 e. The minimum Gasteiger partial charge on any atom is -0.476 e. The Hall–Kier alpha value is -2.57. The topological polar surface area (TPSA) is 183 Å². The van der Waals surface area contributed by atoms with Crippen LogP contribution in [0.5, 0.6) is 5.75 Å². The van der Waals surface area contributed by atoms with Crippen LogP contribution < -0.4 is 10.1 Å². The molecule has 1 aliphatic heterocycles. The maximum atomic E-state index is 12.0. The van der Waals surface area contributed by atoms with E-state index in [0.717, 1.165) is 6.92 Å². The van der Waals surface area contributed by atoms with Gasteiger partial charge in [-0.2, -0.15) is 0 Å². The Morgan fingerprint density at radius 1 is 1.34 bits per heavy atom. The molecule has 160 valence electrons. The highest BCUT2D eigenvalue weighted by Crippen LogP contribution is 2.34. The van der Waals surface area contributed by atoms with Gasteiger partial charge in [-0.05, 0) is 24.3 Å². The second-order valence-electron chi connectivity index (χ2n) is 6.67. The van der Waals surface area contributed by atoms with Crippen molar-refractivity contribution in [1.82, 2.24) is 5.32 Å². The molecule has 11 heteroatoms. The summed E-state index contributed by atoms with van der Waals surface area (Å²) in [5.74, 6) is -4.70. The van der Waals surface area contributed by atoms with Crippen molar-refractivity contribution in [2.45, 2.75) is 49.6 Å². The summed E-state index contributed by atoms with van der Waals surface area (Å²) in [5.41, 5.74) is 0.316. The minimum atomic E-state index is -2.47. The summed E-state index contributed by atoms with van der Waals surface area (Å²) in [7, 11) is 0. The Morgan fingerprint density at radius 3 is 2.45 bits per heavy atom. The number of ether oxygens (including phenoxy) is 2. The van der Waals surface area contributed by atoms with Crippen LogP contribution in [-0.2, 0) is 14.3 Å². The van der Waals surface area contributed by atoms with Gasteiger partial charge in [-0.1, -0.05) is 0 Å². The molecule has 11 nitrogen and oxygen atoms in total. The average molecular weight is 413 g/mol. The highest BCUT2D eigenvalue weighted by Gasteiger charge is 2.56. The molecule has 1 heterocycles. The molecule has 1 saturated heterocycles. The van der Waals surface area contributed by atoms with Crippen LogP contribution in [0, 0.1) is 0 Å². The van der Waals surface area contributed by atoms with E-state index in [4.69, 9.17) is 14.6 Å². The van der Waals surface area contributed by atoms with Crippen molar-refractivity contribution in [3.8, 4) is 5.75 Å². The third-order valence-corrected chi connectivity index (χ3v) is 4.49. The Bertz CT molecular complexity index is 739. The van der Waals surface area contributed by atoms with Gasteiger partial charge in [0.05, 0.1) is 25.2 Å². The molecule has 0 bridgehead atoms. The van der Waals surface area contributed by atoms with Gasteiger partial charge < -0.3 is 40.3 Å². The number of aliphatic carboxylic acids is 1. The van der Waals surface area contributed by atoms with Gasteiger partial charge in [0.15, 0.2) is 0 Å². The molecule has 1 amide bonds. The molecular weight excluding hydrogens is 390 g/mol. The monoisotopic (exact) mass is 413 g/mol. The molecule has 0 aliphatic carbocycles. The van der Waals surface area contributed by atoms with Crippen LogP contribution >= 0.6 is 0 Å². The SMILES string of the molecule is CC(=O)N[C@H]1[C@H]([C@H](O)[C@H](O)CO)O[C@](Oc2ccc(C=O)cc2)(C(=O)O)C[C@@H]1O. The quantitative estimate of drug-likeness (QED) is 0.261. The Balaban J connectivity index is 2.40. The molecule has 0 radical (unpaired) electrons. The third kappa shape index (κ3) is 5.08. The first-order valence-corrected chi connectivity index (χ1v) is 8.71. The molecule has 1 fully saturated rings. The van der Waals surface area contributed by atoms with Crippen molar-refractivity contribution in [1.29, 1.82) is 0 Å². The molecule has 0 unspecified atom stereocenters. The van der Waals surface area contributed by atoms with Crippen LogP contribution in [0.3, 0.4) is 0 Å². The normalized spacial score (nSPS) is 28.8. The van der Waals surface area contributed by atoms with E-state index in [1.54, 1.807) is 0 Å². The number of aldehydes is 1. The standard InChI is InChI=1S/C18H23NO10/c1-9(22)19-14-12(23)6-18(17(26)27,29-16(14)15(25)13(24)8-21)28-11-4-2-10(7-20)3-5-11/h2-5,7,12-16,21,23-25H,6,8H2,1H3,(H,19,22)(H,26,27)/t12-,13+,14+,15+,16+,18-/m0/s1. The van der Waals surface area contributed by atoms with Gasteiger partial charge in [-0.25, -0.2) is 4.79 Å². The molecular formula is C18H23NO10. The molecule has 1 aromatic rings. The fourth-order valence-corrected chi connectivity index (χ4v) is 3.04. The van der Waals surface area contributed by atoms with Crippen LogP contribution in [0.1, 0.15) is 23.7 Å². The van der Waals surface area contributed by atoms with Gasteiger partial charge in [-0.15, -0.1) is 0 Å². The predicted molar refractivity (Wildman–Crippen MR) is 95.0 cm³/mol. The summed E-state index contributed by atoms with van der Waals surface area (Å²) in [4.78, 5) is 34.2. The minimum absolute atomic E-state index is 0.000812. The number of amides is 1. The van der Waals surface area contributed by atoms with Crippen LogP contribution in [0.2, 0.25) is 0 Å². The number of benzene rings is 1. The van der Waals surface area contributed by atoms with Crippen molar-refractivity contribution in [2.75, 3.05) is 6.61 Å². The van der Waals surface area contributed by atoms with Crippen molar-refractivity contribution in [2.24, 2.45) is 0 Å². The molecule has 1 aromatic carbocycles. The summed E-state index contributed by atoms with van der Waals surface area (Å²) >= 11 is 0. The highest BCUT2D eigenvalue weighted by atomic mass is 16.7. The van der Waals surface area contributed by atoms with E-state index in [1.165, 1.54) is 24.3 Å². The van der Waals surface area contributed by atoms with Gasteiger partial charge >= 0.3 is 11.8 Å². The van der Waals surface area contributed by atoms with E-state index >= 15 is 0 Å². The zero-order valence-corrected chi connectivity index (χ0v) is 15.5. The van der Waals surface area contributed by atoms with Crippen molar-refractivity contribution in [3.63, 3.8) is 0 Å². The first-order chi connectivity index (χ1) is 13.6. The predicted octanol–water partition coefficient (Wildman–Crippen LogP) is -1.97. The van der Waals surface area contributed by atoms with Crippen LogP contribution in [0.25, 0.3) is 0 Å². The number of aliphatic hydroxyl groups excluding tert-OH is 4. The van der Waals surface area contributed by atoms with Crippen LogP contribution in [0.15, 0.2) is 24.3 Å². The van der Waals surface area contributed by atoms with Crippen molar-refractivity contribution < 1.29 is 49.4 Å². The van der Waals surface area contributed by atoms with Crippen LogP contribution in [0.4, 0.5) is 0 Å². The molecule has 0 spiro atoms. The zero-order valence-electron chi connectivity index (χ0n) is 15.5. The van der Waals surface area contributed by atoms with Gasteiger partial charge in [0, 0.05) is 12.5 Å². The zero-order chi connectivity index (χ0) is 21.8. The maximum Gasteiger partial charge on any atom is 0.377 e. The molecule has 6 N–H and O–H groups in total. The van der Waals surface area contributed by atoms with E-state index in [1.807, 2.05) is 0 Å². The number of carboxylic acids is 1. The second kappa shape index (κ2) is 9.29. The van der Waals surface area contributed by atoms with E-state index in [-0.39, 0.29) is 5.75 Å². The lowest BCUT2D eigenvalue weighted by Gasteiger charge is -2.46. The number of nitrogens with one attached hydrogen (secondary N) is 1. The number of aliphatic hydroxyl groups is 4. The van der Waals surface area contributed by atoms with E-state index in [2.05, 4.69) is 5.32 Å². The lowest BCUT2D eigenvalue weighted by Crippen LogP contribution is -2.68. The Labute approximate surface area is 165 Å². The van der Waals surface area contributed by atoms with Crippen molar-refractivity contribution >= 4 is 18.2 Å². The number of rotatable bonds is 8. The summed E-state index contributed by atoms with van der Waals surface area (Å²) in [6.07, 6.45) is -6.80. The molecule has 1 aliphatic rings. The Morgan fingerprint density at radius 2 is 1.97 bits per heavy atom. The van der Waals surface area contributed by atoms with E-state index < -0.39 is 61.1 Å². The van der Waals surface area contributed by atoms with Gasteiger partial charge in [0.2, 0.25) is 5.91 Å². The highest BCUT2D eigenvalue weighted by molar-refractivity contribution is 5.77. The third-order valence-electron chi connectivity index (χ3n) is 4.49. The number of hydrogen-bond acceptors (Lipinski definition) is 9. The number of carbonyl (C=O) groups is 3. The van der Waals surface area contributed by atoms with E-state index in [9.17, 15) is 34.8 Å². The molecule has 0 aromatic heterocycles. The Kier molecular flexibility index (Phi) is 7.27. The first kappa shape index (κ1) is 22.7. The fraction of sp³-hybridized carbons (Fsp3) is 0.500. The fourth-order valence-electron chi connectivity index (χ4n) is 3.04. The summed E-state index contributed by atoms with van der Waals surface area (Å²) < 4.78 is 10.9. The van der Waals surface area contributed by atoms with E-state index in [0.29, 0.717) is 11.8 Å². The summed E-state index contributed by atoms with van der Waals surface area (Å²) in [6, 6.07) is 4.10. The summed E-state index contributed by atoms with van der Waals surface area (Å²) in [6.45, 7) is 0.265. The molecule has 0 saturated carbocycles. The molecule has 6 atom stereocenters. The number of carboxylic acid groups (broad SMARTS) is 1.